The SMILES string of the molecule is CCC(C)(CN)NC(=O)CCOCC(F)F. The lowest BCUT2D eigenvalue weighted by Crippen LogP contribution is -2.51. The number of amides is 1. The zero-order chi connectivity index (χ0) is 12.6. The van der Waals surface area contributed by atoms with Gasteiger partial charge in [0.25, 0.3) is 6.43 Å². The van der Waals surface area contributed by atoms with Gasteiger partial charge in [0, 0.05) is 18.5 Å². The van der Waals surface area contributed by atoms with Crippen molar-refractivity contribution in [3.63, 3.8) is 0 Å². The molecule has 0 fully saturated rings. The fourth-order valence-corrected chi connectivity index (χ4v) is 1.02. The Morgan fingerprint density at radius 1 is 1.56 bits per heavy atom. The van der Waals surface area contributed by atoms with Crippen LogP contribution >= 0.6 is 0 Å². The highest BCUT2D eigenvalue weighted by Crippen LogP contribution is 2.06. The van der Waals surface area contributed by atoms with E-state index < -0.39 is 18.6 Å². The zero-order valence-corrected chi connectivity index (χ0v) is 9.76. The molecule has 0 saturated heterocycles. The van der Waals surface area contributed by atoms with Crippen molar-refractivity contribution in [3.8, 4) is 0 Å². The van der Waals surface area contributed by atoms with Gasteiger partial charge in [-0.25, -0.2) is 8.78 Å². The van der Waals surface area contributed by atoms with E-state index in [0.717, 1.165) is 0 Å². The molecular formula is C10H20F2N2O2. The Morgan fingerprint density at radius 3 is 2.62 bits per heavy atom. The molecule has 0 aromatic heterocycles. The van der Waals surface area contributed by atoms with E-state index in [4.69, 9.17) is 5.73 Å². The molecule has 0 aliphatic carbocycles. The van der Waals surface area contributed by atoms with Gasteiger partial charge in [0.1, 0.15) is 6.61 Å². The van der Waals surface area contributed by atoms with Gasteiger partial charge >= 0.3 is 0 Å². The Balaban J connectivity index is 3.73. The summed E-state index contributed by atoms with van der Waals surface area (Å²) < 4.78 is 28.0. The fourth-order valence-electron chi connectivity index (χ4n) is 1.02. The minimum absolute atomic E-state index is 0.000535. The van der Waals surface area contributed by atoms with Gasteiger partial charge in [-0.05, 0) is 13.3 Å². The summed E-state index contributed by atoms with van der Waals surface area (Å²) >= 11 is 0. The average Bonchev–Trinajstić information content (AvgIpc) is 2.24. The van der Waals surface area contributed by atoms with Gasteiger partial charge in [-0.3, -0.25) is 4.79 Å². The van der Waals surface area contributed by atoms with Crippen molar-refractivity contribution in [2.45, 2.75) is 38.7 Å². The molecule has 4 nitrogen and oxygen atoms in total. The maximum Gasteiger partial charge on any atom is 0.261 e. The van der Waals surface area contributed by atoms with Gasteiger partial charge in [0.2, 0.25) is 5.91 Å². The lowest BCUT2D eigenvalue weighted by molar-refractivity contribution is -0.124. The fraction of sp³-hybridized carbons (Fsp3) is 0.900. The van der Waals surface area contributed by atoms with Crippen molar-refractivity contribution < 1.29 is 18.3 Å². The third-order valence-corrected chi connectivity index (χ3v) is 2.39. The molecule has 0 aliphatic rings. The Kier molecular flexibility index (Phi) is 7.16. The molecule has 3 N–H and O–H groups in total. The second-order valence-electron chi connectivity index (χ2n) is 3.88. The zero-order valence-electron chi connectivity index (χ0n) is 9.76. The van der Waals surface area contributed by atoms with Crippen LogP contribution in [0.25, 0.3) is 0 Å². The topological polar surface area (TPSA) is 64.3 Å². The number of alkyl halides is 2. The van der Waals surface area contributed by atoms with Crippen LogP contribution in [0, 0.1) is 0 Å². The normalized spacial score (nSPS) is 14.9. The highest BCUT2D eigenvalue weighted by Gasteiger charge is 2.21. The van der Waals surface area contributed by atoms with E-state index in [1.807, 2.05) is 13.8 Å². The van der Waals surface area contributed by atoms with Gasteiger partial charge in [-0.1, -0.05) is 6.92 Å². The van der Waals surface area contributed by atoms with Crippen molar-refractivity contribution in [1.29, 1.82) is 0 Å². The van der Waals surface area contributed by atoms with E-state index in [1.54, 1.807) is 0 Å². The number of nitrogens with two attached hydrogens (primary N) is 1. The van der Waals surface area contributed by atoms with E-state index in [1.165, 1.54) is 0 Å². The molecule has 0 bridgehead atoms. The number of rotatable bonds is 8. The number of halogens is 2. The number of carbonyl (C=O) groups excluding carboxylic acids is 1. The average molecular weight is 238 g/mol. The summed E-state index contributed by atoms with van der Waals surface area (Å²) in [4.78, 5) is 11.4. The van der Waals surface area contributed by atoms with Crippen LogP contribution in [0.15, 0.2) is 0 Å². The number of nitrogens with one attached hydrogen (secondary N) is 1. The third-order valence-electron chi connectivity index (χ3n) is 2.39. The Bertz CT molecular complexity index is 209. The second kappa shape index (κ2) is 7.51. The molecule has 96 valence electrons. The summed E-state index contributed by atoms with van der Waals surface area (Å²) in [6, 6.07) is 0. The van der Waals surface area contributed by atoms with Crippen LogP contribution in [0.2, 0.25) is 0 Å². The van der Waals surface area contributed by atoms with Crippen molar-refractivity contribution in [2.24, 2.45) is 5.73 Å². The van der Waals surface area contributed by atoms with Gasteiger partial charge in [-0.15, -0.1) is 0 Å². The van der Waals surface area contributed by atoms with Crippen LogP contribution in [0.1, 0.15) is 26.7 Å². The Labute approximate surface area is 94.5 Å². The van der Waals surface area contributed by atoms with Crippen molar-refractivity contribution in [3.05, 3.63) is 0 Å². The number of ether oxygens (including phenoxy) is 1. The molecule has 1 amide bonds. The standard InChI is InChI=1S/C10H20F2N2O2/c1-3-10(2,7-13)14-9(15)4-5-16-6-8(11)12/h8H,3-7,13H2,1-2H3,(H,14,15). The van der Waals surface area contributed by atoms with Crippen molar-refractivity contribution in [2.75, 3.05) is 19.8 Å². The lowest BCUT2D eigenvalue weighted by atomic mass is 9.99. The number of hydrogen-bond acceptors (Lipinski definition) is 3. The molecule has 0 heterocycles. The number of carbonyl (C=O) groups is 1. The predicted octanol–water partition coefficient (Wildman–Crippen LogP) is 0.902. The summed E-state index contributed by atoms with van der Waals surface area (Å²) in [7, 11) is 0. The summed E-state index contributed by atoms with van der Waals surface area (Å²) in [6.45, 7) is 3.47. The van der Waals surface area contributed by atoms with Crippen LogP contribution < -0.4 is 11.1 Å². The maximum atomic E-state index is 11.7. The van der Waals surface area contributed by atoms with E-state index >= 15 is 0 Å². The van der Waals surface area contributed by atoms with Crippen LogP contribution in [-0.2, 0) is 9.53 Å². The Hall–Kier alpha value is -0.750. The molecule has 6 heteroatoms. The molecule has 16 heavy (non-hydrogen) atoms. The molecule has 0 aliphatic heterocycles. The summed E-state index contributed by atoms with van der Waals surface area (Å²) in [5.41, 5.74) is 5.08. The minimum Gasteiger partial charge on any atom is -0.375 e. The van der Waals surface area contributed by atoms with Crippen LogP contribution in [-0.4, -0.2) is 37.6 Å². The number of hydrogen-bond donors (Lipinski definition) is 2. The maximum absolute atomic E-state index is 11.7. The summed E-state index contributed by atoms with van der Waals surface area (Å²) in [5, 5.41) is 2.75. The summed E-state index contributed by atoms with van der Waals surface area (Å²) in [5.74, 6) is -0.232. The molecular weight excluding hydrogens is 218 g/mol. The lowest BCUT2D eigenvalue weighted by Gasteiger charge is -2.27. The van der Waals surface area contributed by atoms with Gasteiger partial charge in [-0.2, -0.15) is 0 Å². The second-order valence-corrected chi connectivity index (χ2v) is 3.88. The predicted molar refractivity (Wildman–Crippen MR) is 57.3 cm³/mol. The first-order valence-electron chi connectivity index (χ1n) is 5.30. The highest BCUT2D eigenvalue weighted by atomic mass is 19.3. The largest absolute Gasteiger partial charge is 0.375 e. The van der Waals surface area contributed by atoms with Gasteiger partial charge < -0.3 is 15.8 Å². The monoisotopic (exact) mass is 238 g/mol. The van der Waals surface area contributed by atoms with Crippen molar-refractivity contribution >= 4 is 5.91 Å². The van der Waals surface area contributed by atoms with E-state index in [2.05, 4.69) is 10.1 Å². The molecule has 0 aromatic carbocycles. The van der Waals surface area contributed by atoms with Gasteiger partial charge in [0.15, 0.2) is 0 Å². The van der Waals surface area contributed by atoms with Crippen molar-refractivity contribution in [1.82, 2.24) is 5.32 Å². The molecule has 0 radical (unpaired) electrons. The molecule has 0 aromatic rings. The quantitative estimate of drug-likeness (QED) is 0.617. The third kappa shape index (κ3) is 6.68. The molecule has 0 saturated carbocycles. The molecule has 1 atom stereocenters. The Morgan fingerprint density at radius 2 is 2.19 bits per heavy atom. The first-order valence-corrected chi connectivity index (χ1v) is 5.30. The van der Waals surface area contributed by atoms with Gasteiger partial charge in [0.05, 0.1) is 6.61 Å². The molecule has 1 unspecified atom stereocenters. The highest BCUT2D eigenvalue weighted by molar-refractivity contribution is 5.76. The first kappa shape index (κ1) is 15.2. The minimum atomic E-state index is -2.49. The van der Waals surface area contributed by atoms with E-state index in [0.29, 0.717) is 13.0 Å². The van der Waals surface area contributed by atoms with Crippen LogP contribution in [0.4, 0.5) is 8.78 Å². The smallest absolute Gasteiger partial charge is 0.261 e. The van der Waals surface area contributed by atoms with Crippen LogP contribution in [0.3, 0.4) is 0 Å². The molecule has 0 rings (SSSR count). The van der Waals surface area contributed by atoms with Crippen LogP contribution in [0.5, 0.6) is 0 Å². The van der Waals surface area contributed by atoms with E-state index in [-0.39, 0.29) is 18.9 Å². The van der Waals surface area contributed by atoms with E-state index in [9.17, 15) is 13.6 Å². The first-order chi connectivity index (χ1) is 7.43. The summed E-state index contributed by atoms with van der Waals surface area (Å²) in [6.07, 6.45) is -1.71. The molecule has 0 spiro atoms.